The minimum Gasteiger partial charge on any atom is -0.444 e. The SMILES string of the molecule is CC(C)(C)OC(=O)NCCCCN(CCCCN(CCCCN1C(=O)c2cccc3cccc(c23)C1=O)C(=O)OC(C)(C)C)C(=O)OC(C)(C)C. The van der Waals surface area contributed by atoms with Crippen molar-refractivity contribution in [2.45, 2.75) is 118 Å². The molecule has 0 aliphatic carbocycles. The topological polar surface area (TPSA) is 135 Å². The van der Waals surface area contributed by atoms with Gasteiger partial charge in [-0.1, -0.05) is 24.3 Å². The van der Waals surface area contributed by atoms with Crippen LogP contribution in [0.1, 0.15) is 122 Å². The minimum absolute atomic E-state index is 0.239. The number of hydrogen-bond donors (Lipinski definition) is 1. The van der Waals surface area contributed by atoms with Crippen LogP contribution in [0.5, 0.6) is 0 Å². The van der Waals surface area contributed by atoms with Gasteiger partial charge in [-0.25, -0.2) is 14.4 Å². The molecule has 12 heteroatoms. The molecule has 2 aromatic rings. The zero-order valence-corrected chi connectivity index (χ0v) is 32.1. The highest BCUT2D eigenvalue weighted by atomic mass is 16.6. The van der Waals surface area contributed by atoms with Crippen LogP contribution in [0, 0.1) is 0 Å². The average Bonchev–Trinajstić information content (AvgIpc) is 3.00. The molecule has 1 aliphatic rings. The molecule has 0 saturated heterocycles. The highest BCUT2D eigenvalue weighted by Gasteiger charge is 2.32. The molecule has 51 heavy (non-hydrogen) atoms. The highest BCUT2D eigenvalue weighted by Crippen LogP contribution is 2.30. The molecule has 0 radical (unpaired) electrons. The Labute approximate surface area is 303 Å². The fourth-order valence-corrected chi connectivity index (χ4v) is 5.64. The normalized spacial score (nSPS) is 13.2. The van der Waals surface area contributed by atoms with E-state index in [0.29, 0.717) is 87.8 Å². The first-order valence-electron chi connectivity index (χ1n) is 18.1. The molecule has 3 rings (SSSR count). The first kappa shape index (κ1) is 41.1. The second-order valence-electron chi connectivity index (χ2n) is 16.0. The molecule has 2 aromatic carbocycles. The highest BCUT2D eigenvalue weighted by molar-refractivity contribution is 6.25. The summed E-state index contributed by atoms with van der Waals surface area (Å²) < 4.78 is 16.6. The molecule has 0 fully saturated rings. The van der Waals surface area contributed by atoms with Crippen LogP contribution in [-0.2, 0) is 14.2 Å². The Morgan fingerprint density at radius 1 is 0.608 bits per heavy atom. The summed E-state index contributed by atoms with van der Waals surface area (Å²) >= 11 is 0. The molecule has 5 amide bonds. The molecule has 0 unspecified atom stereocenters. The number of amides is 5. The second-order valence-corrected chi connectivity index (χ2v) is 16.0. The summed E-state index contributed by atoms with van der Waals surface area (Å²) in [6, 6.07) is 11.0. The smallest absolute Gasteiger partial charge is 0.410 e. The molecule has 1 aliphatic heterocycles. The van der Waals surface area contributed by atoms with Crippen LogP contribution < -0.4 is 5.32 Å². The Kier molecular flexibility index (Phi) is 14.3. The molecule has 0 atom stereocenters. The lowest BCUT2D eigenvalue weighted by atomic mass is 9.94. The fraction of sp³-hybridized carbons (Fsp3) is 0.615. The molecule has 0 saturated carbocycles. The van der Waals surface area contributed by atoms with Gasteiger partial charge in [-0.3, -0.25) is 14.5 Å². The molecule has 282 valence electrons. The van der Waals surface area contributed by atoms with Crippen LogP contribution >= 0.6 is 0 Å². The number of imide groups is 1. The molecule has 1 N–H and O–H groups in total. The van der Waals surface area contributed by atoms with Crippen molar-refractivity contribution in [1.82, 2.24) is 20.0 Å². The van der Waals surface area contributed by atoms with Crippen molar-refractivity contribution >= 4 is 40.9 Å². The lowest BCUT2D eigenvalue weighted by Crippen LogP contribution is -2.41. The van der Waals surface area contributed by atoms with Crippen LogP contribution in [-0.4, -0.2) is 101 Å². The third-order valence-corrected chi connectivity index (χ3v) is 7.85. The van der Waals surface area contributed by atoms with Crippen molar-refractivity contribution in [2.75, 3.05) is 39.3 Å². The van der Waals surface area contributed by atoms with E-state index in [1.54, 1.807) is 42.7 Å². The summed E-state index contributed by atoms with van der Waals surface area (Å²) in [6.07, 6.45) is 2.30. The number of unbranched alkanes of at least 4 members (excludes halogenated alkanes) is 3. The zero-order valence-electron chi connectivity index (χ0n) is 32.1. The van der Waals surface area contributed by atoms with Gasteiger partial charge in [0.1, 0.15) is 16.8 Å². The van der Waals surface area contributed by atoms with E-state index in [4.69, 9.17) is 14.2 Å². The Hall–Kier alpha value is -4.35. The summed E-state index contributed by atoms with van der Waals surface area (Å²) in [5, 5.41) is 4.30. The predicted molar refractivity (Wildman–Crippen MR) is 197 cm³/mol. The van der Waals surface area contributed by atoms with Gasteiger partial charge in [-0.05, 0) is 118 Å². The van der Waals surface area contributed by atoms with Gasteiger partial charge in [-0.15, -0.1) is 0 Å². The lowest BCUT2D eigenvalue weighted by molar-refractivity contribution is 0.0206. The van der Waals surface area contributed by atoms with Crippen molar-refractivity contribution in [3.63, 3.8) is 0 Å². The lowest BCUT2D eigenvalue weighted by Gasteiger charge is -2.29. The number of ether oxygens (including phenoxy) is 3. The number of hydrogen-bond acceptors (Lipinski definition) is 8. The summed E-state index contributed by atoms with van der Waals surface area (Å²) in [4.78, 5) is 69.4. The van der Waals surface area contributed by atoms with Gasteiger partial charge in [0, 0.05) is 55.8 Å². The Balaban J connectivity index is 1.53. The van der Waals surface area contributed by atoms with Crippen molar-refractivity contribution in [2.24, 2.45) is 0 Å². The van der Waals surface area contributed by atoms with E-state index in [1.165, 1.54) is 4.90 Å². The summed E-state index contributed by atoms with van der Waals surface area (Å²) in [6.45, 7) is 18.7. The van der Waals surface area contributed by atoms with Crippen LogP contribution in [0.15, 0.2) is 36.4 Å². The maximum Gasteiger partial charge on any atom is 0.410 e. The van der Waals surface area contributed by atoms with Gasteiger partial charge in [0.05, 0.1) is 0 Å². The maximum atomic E-state index is 13.3. The maximum absolute atomic E-state index is 13.3. The van der Waals surface area contributed by atoms with Crippen molar-refractivity contribution < 1.29 is 38.2 Å². The second kappa shape index (κ2) is 17.7. The predicted octanol–water partition coefficient (Wildman–Crippen LogP) is 7.78. The quantitative estimate of drug-likeness (QED) is 0.113. The number of nitrogens with one attached hydrogen (secondary N) is 1. The van der Waals surface area contributed by atoms with Gasteiger partial charge in [0.15, 0.2) is 0 Å². The molecular weight excluding hydrogens is 652 g/mol. The first-order valence-corrected chi connectivity index (χ1v) is 18.1. The minimum atomic E-state index is -0.678. The zero-order chi connectivity index (χ0) is 38.0. The van der Waals surface area contributed by atoms with Crippen LogP contribution in [0.25, 0.3) is 10.8 Å². The average molecular weight is 711 g/mol. The molecule has 12 nitrogen and oxygen atoms in total. The third kappa shape index (κ3) is 13.4. The van der Waals surface area contributed by atoms with Crippen molar-refractivity contribution in [3.05, 3.63) is 47.5 Å². The van der Waals surface area contributed by atoms with Crippen LogP contribution in [0.3, 0.4) is 0 Å². The van der Waals surface area contributed by atoms with Crippen LogP contribution in [0.4, 0.5) is 14.4 Å². The monoisotopic (exact) mass is 710 g/mol. The van der Waals surface area contributed by atoms with Gasteiger partial charge in [0.2, 0.25) is 0 Å². The molecule has 1 heterocycles. The van der Waals surface area contributed by atoms with E-state index < -0.39 is 35.1 Å². The van der Waals surface area contributed by atoms with Crippen LogP contribution in [0.2, 0.25) is 0 Å². The van der Waals surface area contributed by atoms with E-state index in [9.17, 15) is 24.0 Å². The number of rotatable bonds is 15. The molecule has 0 spiro atoms. The van der Waals surface area contributed by atoms with E-state index in [2.05, 4.69) is 5.32 Å². The van der Waals surface area contributed by atoms with Crippen molar-refractivity contribution in [1.29, 1.82) is 0 Å². The van der Waals surface area contributed by atoms with E-state index in [0.717, 1.165) is 5.39 Å². The Morgan fingerprint density at radius 3 is 1.45 bits per heavy atom. The number of benzene rings is 2. The van der Waals surface area contributed by atoms with E-state index >= 15 is 0 Å². The van der Waals surface area contributed by atoms with Gasteiger partial charge in [0.25, 0.3) is 11.8 Å². The first-order chi connectivity index (χ1) is 23.8. The standard InChI is InChI=1S/C39H58N4O8/c1-37(2,3)49-34(46)40-22-10-11-23-41(35(47)50-38(4,5)6)24-12-13-25-42(36(48)51-39(7,8)9)26-14-15-27-43-32(44)29-20-16-18-28-19-17-21-30(31(28)29)33(43)45/h16-21H,10-15,22-27H2,1-9H3,(H,40,46). The fourth-order valence-electron chi connectivity index (χ4n) is 5.64. The third-order valence-electron chi connectivity index (χ3n) is 7.85. The van der Waals surface area contributed by atoms with E-state index in [-0.39, 0.29) is 18.4 Å². The number of carbonyl (C=O) groups is 5. The number of nitrogens with zero attached hydrogens (tertiary/aromatic N) is 3. The largest absolute Gasteiger partial charge is 0.444 e. The summed E-state index contributed by atoms with van der Waals surface area (Å²) in [5.41, 5.74) is -0.857. The van der Waals surface area contributed by atoms with Gasteiger partial charge >= 0.3 is 18.3 Å². The summed E-state index contributed by atoms with van der Waals surface area (Å²) in [5.74, 6) is -0.607. The van der Waals surface area contributed by atoms with E-state index in [1.807, 2.05) is 65.8 Å². The Bertz CT molecular complexity index is 1490. The van der Waals surface area contributed by atoms with Gasteiger partial charge < -0.3 is 29.3 Å². The number of carbonyl (C=O) groups excluding carboxylic acids is 5. The molecular formula is C39H58N4O8. The van der Waals surface area contributed by atoms with Crippen molar-refractivity contribution in [3.8, 4) is 0 Å². The summed E-state index contributed by atoms with van der Waals surface area (Å²) in [7, 11) is 0. The van der Waals surface area contributed by atoms with Gasteiger partial charge in [-0.2, -0.15) is 0 Å². The number of alkyl carbamates (subject to hydrolysis) is 1. The Morgan fingerprint density at radius 2 is 1.02 bits per heavy atom. The molecule has 0 bridgehead atoms. The molecule has 0 aromatic heterocycles.